The van der Waals surface area contributed by atoms with Gasteiger partial charge in [-0.2, -0.15) is 0 Å². The molecule has 0 aromatic carbocycles. The van der Waals surface area contributed by atoms with Crippen LogP contribution in [-0.4, -0.2) is 41.6 Å². The van der Waals surface area contributed by atoms with Gasteiger partial charge >= 0.3 is 5.97 Å². The highest BCUT2D eigenvalue weighted by molar-refractivity contribution is 5.85. The highest BCUT2D eigenvalue weighted by Gasteiger charge is 2.21. The minimum absolute atomic E-state index is 0.00140. The van der Waals surface area contributed by atoms with Gasteiger partial charge in [0.2, 0.25) is 5.91 Å². The topological polar surface area (TPSA) is 82.5 Å². The molecule has 1 saturated heterocycles. The van der Waals surface area contributed by atoms with Crippen molar-refractivity contribution in [3.05, 3.63) is 23.9 Å². The van der Waals surface area contributed by atoms with E-state index in [-0.39, 0.29) is 11.6 Å². The summed E-state index contributed by atoms with van der Waals surface area (Å²) in [5.41, 5.74) is 0.0767. The van der Waals surface area contributed by atoms with Crippen LogP contribution < -0.4 is 10.2 Å². The van der Waals surface area contributed by atoms with Gasteiger partial charge < -0.3 is 15.3 Å². The first kappa shape index (κ1) is 15.3. The quantitative estimate of drug-likeness (QED) is 0.859. The van der Waals surface area contributed by atoms with Crippen LogP contribution in [0.3, 0.4) is 0 Å². The fraction of sp³-hybridized carbons (Fsp3) is 0.533. The summed E-state index contributed by atoms with van der Waals surface area (Å²) in [6.45, 7) is 3.97. The molecule has 1 aliphatic heterocycles. The fourth-order valence-corrected chi connectivity index (χ4v) is 2.68. The summed E-state index contributed by atoms with van der Waals surface area (Å²) in [4.78, 5) is 28.2. The molecule has 0 bridgehead atoms. The molecule has 6 heteroatoms. The number of rotatable bonds is 5. The van der Waals surface area contributed by atoms with Crippen LogP contribution in [0.25, 0.3) is 0 Å². The average molecular weight is 291 g/mol. The number of amides is 1. The number of anilines is 1. The Hall–Kier alpha value is -2.11. The van der Waals surface area contributed by atoms with Crippen LogP contribution in [0.2, 0.25) is 0 Å². The van der Waals surface area contributed by atoms with Crippen molar-refractivity contribution < 1.29 is 14.7 Å². The maximum Gasteiger partial charge on any atom is 0.354 e. The van der Waals surface area contributed by atoms with Gasteiger partial charge in [-0.3, -0.25) is 4.79 Å². The summed E-state index contributed by atoms with van der Waals surface area (Å²) in [6, 6.07) is 5.08. The van der Waals surface area contributed by atoms with Crippen molar-refractivity contribution in [1.82, 2.24) is 10.3 Å². The van der Waals surface area contributed by atoms with Gasteiger partial charge in [-0.25, -0.2) is 9.78 Å². The number of nitrogens with zero attached hydrogens (tertiary/aromatic N) is 2. The molecule has 1 aromatic heterocycles. The molecule has 114 valence electrons. The highest BCUT2D eigenvalue weighted by atomic mass is 16.4. The number of carboxylic acids is 1. The van der Waals surface area contributed by atoms with Crippen LogP contribution >= 0.6 is 0 Å². The van der Waals surface area contributed by atoms with E-state index in [2.05, 4.69) is 15.2 Å². The highest BCUT2D eigenvalue weighted by Crippen LogP contribution is 2.23. The Balaban J connectivity index is 1.95. The van der Waals surface area contributed by atoms with Crippen LogP contribution in [0.15, 0.2) is 18.2 Å². The largest absolute Gasteiger partial charge is 0.477 e. The molecule has 1 aliphatic rings. The van der Waals surface area contributed by atoms with E-state index in [0.717, 1.165) is 38.2 Å². The predicted molar refractivity (Wildman–Crippen MR) is 79.4 cm³/mol. The third kappa shape index (κ3) is 4.44. The molecule has 2 heterocycles. The average Bonchev–Trinajstić information content (AvgIpc) is 2.47. The first-order chi connectivity index (χ1) is 10.1. The molecular weight excluding hydrogens is 270 g/mol. The third-order valence-corrected chi connectivity index (χ3v) is 3.72. The number of carbonyl (C=O) groups excluding carboxylic acids is 1. The van der Waals surface area contributed by atoms with Crippen molar-refractivity contribution in [3.8, 4) is 0 Å². The first-order valence-corrected chi connectivity index (χ1v) is 7.26. The number of pyridine rings is 1. The second-order valence-electron chi connectivity index (χ2n) is 5.41. The Morgan fingerprint density at radius 2 is 2.29 bits per heavy atom. The van der Waals surface area contributed by atoms with Crippen molar-refractivity contribution in [2.45, 2.75) is 26.2 Å². The molecule has 0 radical (unpaired) electrons. The zero-order chi connectivity index (χ0) is 15.2. The van der Waals surface area contributed by atoms with Crippen molar-refractivity contribution >= 4 is 17.7 Å². The third-order valence-electron chi connectivity index (χ3n) is 3.72. The zero-order valence-electron chi connectivity index (χ0n) is 12.2. The van der Waals surface area contributed by atoms with Gasteiger partial charge in [-0.1, -0.05) is 6.07 Å². The molecule has 2 N–H and O–H groups in total. The van der Waals surface area contributed by atoms with Crippen molar-refractivity contribution in [2.75, 3.05) is 24.5 Å². The molecule has 1 atom stereocenters. The van der Waals surface area contributed by atoms with Crippen molar-refractivity contribution in [3.63, 3.8) is 0 Å². The van der Waals surface area contributed by atoms with Crippen molar-refractivity contribution in [1.29, 1.82) is 0 Å². The minimum Gasteiger partial charge on any atom is -0.477 e. The van der Waals surface area contributed by atoms with Gasteiger partial charge in [-0.15, -0.1) is 0 Å². The lowest BCUT2D eigenvalue weighted by Gasteiger charge is -2.33. The van der Waals surface area contributed by atoms with Gasteiger partial charge in [0.05, 0.1) is 0 Å². The molecule has 21 heavy (non-hydrogen) atoms. The van der Waals surface area contributed by atoms with E-state index >= 15 is 0 Å². The van der Waals surface area contributed by atoms with E-state index in [1.165, 1.54) is 13.0 Å². The van der Waals surface area contributed by atoms with E-state index in [0.29, 0.717) is 12.5 Å². The number of nitrogens with one attached hydrogen (secondary N) is 1. The first-order valence-electron chi connectivity index (χ1n) is 7.26. The van der Waals surface area contributed by atoms with E-state index < -0.39 is 5.97 Å². The Labute approximate surface area is 124 Å². The monoisotopic (exact) mass is 291 g/mol. The second-order valence-corrected chi connectivity index (χ2v) is 5.41. The molecule has 2 rings (SSSR count). The maximum absolute atomic E-state index is 11.0. The van der Waals surface area contributed by atoms with Gasteiger partial charge in [0.1, 0.15) is 5.82 Å². The maximum atomic E-state index is 11.0. The van der Waals surface area contributed by atoms with Gasteiger partial charge in [0.15, 0.2) is 5.69 Å². The number of hydrogen-bond donors (Lipinski definition) is 2. The lowest BCUT2D eigenvalue weighted by molar-refractivity contribution is -0.119. The zero-order valence-corrected chi connectivity index (χ0v) is 12.2. The Bertz CT molecular complexity index is 519. The molecule has 1 unspecified atom stereocenters. The molecular formula is C15H21N3O3. The number of carbonyl (C=O) groups is 2. The van der Waals surface area contributed by atoms with E-state index in [1.807, 2.05) is 6.07 Å². The van der Waals surface area contributed by atoms with Crippen LogP contribution in [0.1, 0.15) is 36.7 Å². The SMILES string of the molecule is CC(=O)NCCC1CCCN(c2cccc(C(=O)O)n2)C1. The fourth-order valence-electron chi connectivity index (χ4n) is 2.68. The Kier molecular flexibility index (Phi) is 5.14. The number of aromatic carboxylic acids is 1. The normalized spacial score (nSPS) is 18.3. The van der Waals surface area contributed by atoms with Gasteiger partial charge in [0.25, 0.3) is 0 Å². The Morgan fingerprint density at radius 1 is 1.48 bits per heavy atom. The van der Waals surface area contributed by atoms with Crippen LogP contribution in [0.4, 0.5) is 5.82 Å². The van der Waals surface area contributed by atoms with Crippen LogP contribution in [-0.2, 0) is 4.79 Å². The molecule has 1 aromatic rings. The van der Waals surface area contributed by atoms with E-state index in [9.17, 15) is 9.59 Å². The molecule has 1 amide bonds. The number of carboxylic acid groups (broad SMARTS) is 1. The van der Waals surface area contributed by atoms with E-state index in [1.54, 1.807) is 6.07 Å². The predicted octanol–water partition coefficient (Wildman–Crippen LogP) is 1.52. The summed E-state index contributed by atoms with van der Waals surface area (Å²) in [6.07, 6.45) is 3.13. The van der Waals surface area contributed by atoms with Crippen LogP contribution in [0, 0.1) is 5.92 Å². The Morgan fingerprint density at radius 3 is 3.00 bits per heavy atom. The number of aromatic nitrogens is 1. The van der Waals surface area contributed by atoms with Crippen molar-refractivity contribution in [2.24, 2.45) is 5.92 Å². The summed E-state index contributed by atoms with van der Waals surface area (Å²) in [5.74, 6) is 0.217. The molecule has 6 nitrogen and oxygen atoms in total. The lowest BCUT2D eigenvalue weighted by atomic mass is 9.95. The minimum atomic E-state index is -1.00. The molecule has 1 fully saturated rings. The summed E-state index contributed by atoms with van der Waals surface area (Å²) in [7, 11) is 0. The summed E-state index contributed by atoms with van der Waals surface area (Å²) >= 11 is 0. The second kappa shape index (κ2) is 7.06. The summed E-state index contributed by atoms with van der Waals surface area (Å²) in [5, 5.41) is 11.8. The van der Waals surface area contributed by atoms with Gasteiger partial charge in [-0.05, 0) is 37.3 Å². The number of hydrogen-bond acceptors (Lipinski definition) is 4. The molecule has 0 aliphatic carbocycles. The molecule has 0 spiro atoms. The summed E-state index contributed by atoms with van der Waals surface area (Å²) < 4.78 is 0. The van der Waals surface area contributed by atoms with Crippen LogP contribution in [0.5, 0.6) is 0 Å². The lowest BCUT2D eigenvalue weighted by Crippen LogP contribution is -2.37. The molecule has 0 saturated carbocycles. The van der Waals surface area contributed by atoms with E-state index in [4.69, 9.17) is 5.11 Å². The number of piperidine rings is 1. The smallest absolute Gasteiger partial charge is 0.354 e. The standard InChI is InChI=1S/C15H21N3O3/c1-11(19)16-8-7-12-4-3-9-18(10-12)14-6-2-5-13(17-14)15(20)21/h2,5-6,12H,3-4,7-10H2,1H3,(H,16,19)(H,20,21). The van der Waals surface area contributed by atoms with Gasteiger partial charge in [0, 0.05) is 26.6 Å².